The van der Waals surface area contributed by atoms with E-state index in [1.54, 1.807) is 7.05 Å². The molecule has 0 spiro atoms. The molecule has 0 saturated carbocycles. The summed E-state index contributed by atoms with van der Waals surface area (Å²) >= 11 is 0. The summed E-state index contributed by atoms with van der Waals surface area (Å²) < 4.78 is 0. The molecule has 0 bridgehead atoms. The third-order valence-corrected chi connectivity index (χ3v) is 1.60. The SMILES string of the molecule is CN=CC(C)C=Nc1ccccc1. The molecule has 1 aromatic rings. The van der Waals surface area contributed by atoms with Crippen LogP contribution in [0.3, 0.4) is 0 Å². The zero-order valence-corrected chi connectivity index (χ0v) is 8.01. The third kappa shape index (κ3) is 3.65. The number of benzene rings is 1. The number of hydrogen-bond donors (Lipinski definition) is 0. The summed E-state index contributed by atoms with van der Waals surface area (Å²) in [5, 5.41) is 0. The number of rotatable bonds is 3. The van der Waals surface area contributed by atoms with Crippen molar-refractivity contribution in [1.82, 2.24) is 0 Å². The van der Waals surface area contributed by atoms with Crippen LogP contribution in [0.15, 0.2) is 40.3 Å². The van der Waals surface area contributed by atoms with E-state index in [2.05, 4.69) is 16.9 Å². The van der Waals surface area contributed by atoms with Crippen LogP contribution in [0, 0.1) is 5.92 Å². The summed E-state index contributed by atoms with van der Waals surface area (Å²) in [5.41, 5.74) is 0.985. The molecular weight excluding hydrogens is 160 g/mol. The molecule has 0 aliphatic rings. The van der Waals surface area contributed by atoms with Gasteiger partial charge < -0.3 is 4.99 Å². The smallest absolute Gasteiger partial charge is 0.0625 e. The Bertz CT molecular complexity index is 288. The highest BCUT2D eigenvalue weighted by atomic mass is 14.7. The van der Waals surface area contributed by atoms with Crippen LogP contribution in [0.2, 0.25) is 0 Å². The van der Waals surface area contributed by atoms with Crippen LogP contribution in [0.5, 0.6) is 0 Å². The highest BCUT2D eigenvalue weighted by Gasteiger charge is 1.90. The zero-order valence-electron chi connectivity index (χ0n) is 8.01. The Balaban J connectivity index is 2.59. The highest BCUT2D eigenvalue weighted by Crippen LogP contribution is 2.08. The average molecular weight is 174 g/mol. The van der Waals surface area contributed by atoms with Gasteiger partial charge in [-0.3, -0.25) is 4.99 Å². The molecule has 1 aromatic carbocycles. The third-order valence-electron chi connectivity index (χ3n) is 1.60. The second kappa shape index (κ2) is 5.25. The lowest BCUT2D eigenvalue weighted by molar-refractivity contribution is 1.11. The molecule has 2 nitrogen and oxygen atoms in total. The number of para-hydroxylation sites is 1. The van der Waals surface area contributed by atoms with Gasteiger partial charge in [0.1, 0.15) is 0 Å². The van der Waals surface area contributed by atoms with Gasteiger partial charge in [0.25, 0.3) is 0 Å². The lowest BCUT2D eigenvalue weighted by atomic mass is 10.2. The standard InChI is InChI=1S/C11H14N2/c1-10(8-12-2)9-13-11-6-4-3-5-7-11/h3-10H,1-2H3. The van der Waals surface area contributed by atoms with E-state index in [-0.39, 0.29) is 0 Å². The molecule has 68 valence electrons. The maximum Gasteiger partial charge on any atom is 0.0625 e. The maximum absolute atomic E-state index is 4.31. The highest BCUT2D eigenvalue weighted by molar-refractivity contribution is 5.84. The van der Waals surface area contributed by atoms with Crippen molar-refractivity contribution in [3.05, 3.63) is 30.3 Å². The fraction of sp³-hybridized carbons (Fsp3) is 0.273. The zero-order chi connectivity index (χ0) is 9.52. The predicted molar refractivity (Wildman–Crippen MR) is 58.2 cm³/mol. The Morgan fingerprint density at radius 1 is 1.15 bits per heavy atom. The molecule has 0 fully saturated rings. The van der Waals surface area contributed by atoms with Gasteiger partial charge in [0, 0.05) is 25.4 Å². The molecule has 0 aromatic heterocycles. The van der Waals surface area contributed by atoms with Gasteiger partial charge >= 0.3 is 0 Å². The van der Waals surface area contributed by atoms with Gasteiger partial charge in [-0.05, 0) is 12.1 Å². The molecule has 0 amide bonds. The van der Waals surface area contributed by atoms with E-state index in [1.807, 2.05) is 42.8 Å². The maximum atomic E-state index is 4.31. The van der Waals surface area contributed by atoms with Crippen LogP contribution in [0.4, 0.5) is 5.69 Å². The number of nitrogens with zero attached hydrogens (tertiary/aromatic N) is 2. The van der Waals surface area contributed by atoms with E-state index in [0.717, 1.165) is 5.69 Å². The van der Waals surface area contributed by atoms with Crippen LogP contribution in [0.1, 0.15) is 6.92 Å². The number of aliphatic imine (C=N–C) groups is 2. The molecule has 0 heterocycles. The van der Waals surface area contributed by atoms with Gasteiger partial charge in [-0.1, -0.05) is 25.1 Å². The van der Waals surface area contributed by atoms with Crippen molar-refractivity contribution in [2.75, 3.05) is 7.05 Å². The minimum absolute atomic E-state index is 0.296. The Labute approximate surface area is 79.0 Å². The van der Waals surface area contributed by atoms with Crippen molar-refractivity contribution in [2.24, 2.45) is 15.9 Å². The molecule has 1 rings (SSSR count). The molecule has 0 aliphatic carbocycles. The van der Waals surface area contributed by atoms with E-state index >= 15 is 0 Å². The molecule has 0 N–H and O–H groups in total. The summed E-state index contributed by atoms with van der Waals surface area (Å²) in [5.74, 6) is 0.296. The average Bonchev–Trinajstić information content (AvgIpc) is 2.17. The van der Waals surface area contributed by atoms with Gasteiger partial charge in [0.2, 0.25) is 0 Å². The monoisotopic (exact) mass is 174 g/mol. The molecule has 0 saturated heterocycles. The summed E-state index contributed by atoms with van der Waals surface area (Å²) in [6.07, 6.45) is 3.76. The molecule has 0 aliphatic heterocycles. The molecule has 2 heteroatoms. The van der Waals surface area contributed by atoms with Crippen LogP contribution in [-0.4, -0.2) is 19.5 Å². The largest absolute Gasteiger partial charge is 0.300 e. The number of hydrogen-bond acceptors (Lipinski definition) is 2. The summed E-state index contributed by atoms with van der Waals surface area (Å²) in [4.78, 5) is 8.24. The van der Waals surface area contributed by atoms with Crippen LogP contribution < -0.4 is 0 Å². The minimum Gasteiger partial charge on any atom is -0.300 e. The Morgan fingerprint density at radius 2 is 1.85 bits per heavy atom. The first-order chi connectivity index (χ1) is 6.33. The summed E-state index contributed by atoms with van der Waals surface area (Å²) in [6.45, 7) is 2.06. The first kappa shape index (κ1) is 9.65. The quantitative estimate of drug-likeness (QED) is 0.629. The lowest BCUT2D eigenvalue weighted by Gasteiger charge is -1.95. The Hall–Kier alpha value is -1.44. The van der Waals surface area contributed by atoms with E-state index in [9.17, 15) is 0 Å². The van der Waals surface area contributed by atoms with Gasteiger partial charge in [-0.25, -0.2) is 0 Å². The van der Waals surface area contributed by atoms with Gasteiger partial charge in [0.15, 0.2) is 0 Å². The van der Waals surface area contributed by atoms with Crippen LogP contribution in [0.25, 0.3) is 0 Å². The van der Waals surface area contributed by atoms with Crippen LogP contribution >= 0.6 is 0 Å². The summed E-state index contributed by atoms with van der Waals surface area (Å²) in [7, 11) is 1.77. The van der Waals surface area contributed by atoms with Gasteiger partial charge in [0.05, 0.1) is 5.69 Å². The van der Waals surface area contributed by atoms with Gasteiger partial charge in [-0.2, -0.15) is 0 Å². The van der Waals surface area contributed by atoms with E-state index in [0.29, 0.717) is 5.92 Å². The fourth-order valence-electron chi connectivity index (χ4n) is 0.991. The van der Waals surface area contributed by atoms with Crippen molar-refractivity contribution in [2.45, 2.75) is 6.92 Å². The second-order valence-corrected chi connectivity index (χ2v) is 2.88. The molecule has 1 atom stereocenters. The van der Waals surface area contributed by atoms with Crippen molar-refractivity contribution < 1.29 is 0 Å². The van der Waals surface area contributed by atoms with Crippen molar-refractivity contribution in [3.8, 4) is 0 Å². The van der Waals surface area contributed by atoms with Crippen LogP contribution in [-0.2, 0) is 0 Å². The first-order valence-corrected chi connectivity index (χ1v) is 4.34. The van der Waals surface area contributed by atoms with E-state index in [4.69, 9.17) is 0 Å². The lowest BCUT2D eigenvalue weighted by Crippen LogP contribution is -1.95. The minimum atomic E-state index is 0.296. The normalized spacial score (nSPS) is 14.0. The van der Waals surface area contributed by atoms with Crippen molar-refractivity contribution in [3.63, 3.8) is 0 Å². The van der Waals surface area contributed by atoms with E-state index < -0.39 is 0 Å². The molecule has 0 radical (unpaired) electrons. The topological polar surface area (TPSA) is 24.7 Å². The van der Waals surface area contributed by atoms with Crippen molar-refractivity contribution >= 4 is 18.1 Å². The predicted octanol–water partition coefficient (Wildman–Crippen LogP) is 2.73. The molecule has 1 unspecified atom stereocenters. The summed E-state index contributed by atoms with van der Waals surface area (Å²) in [6, 6.07) is 9.89. The first-order valence-electron chi connectivity index (χ1n) is 4.34. The molecule has 13 heavy (non-hydrogen) atoms. The van der Waals surface area contributed by atoms with Crippen molar-refractivity contribution in [1.29, 1.82) is 0 Å². The van der Waals surface area contributed by atoms with Gasteiger partial charge in [-0.15, -0.1) is 0 Å². The molecular formula is C11H14N2. The Kier molecular flexibility index (Phi) is 3.89. The second-order valence-electron chi connectivity index (χ2n) is 2.88. The fourth-order valence-corrected chi connectivity index (χ4v) is 0.991. The van der Waals surface area contributed by atoms with E-state index in [1.165, 1.54) is 0 Å². The Morgan fingerprint density at radius 3 is 2.46 bits per heavy atom.